The molecular formula is C6H3Cl4N. The normalized spacial score (nSPS) is 10.6. The molecule has 0 aliphatic rings. The number of rotatable bonds is 1. The molecule has 1 aromatic heterocycles. The van der Waals surface area contributed by atoms with Gasteiger partial charge in [0.05, 0.1) is 10.0 Å². The van der Waals surface area contributed by atoms with E-state index in [2.05, 4.69) is 4.98 Å². The van der Waals surface area contributed by atoms with Gasteiger partial charge in [-0.05, 0) is 0 Å². The van der Waals surface area contributed by atoms with Crippen LogP contribution in [0.1, 0.15) is 10.4 Å². The lowest BCUT2D eigenvalue weighted by atomic mass is 10.3. The van der Waals surface area contributed by atoms with Crippen molar-refractivity contribution in [2.45, 2.75) is 4.84 Å². The van der Waals surface area contributed by atoms with Crippen LogP contribution in [0.4, 0.5) is 0 Å². The molecule has 0 bridgehead atoms. The number of alkyl halides is 2. The summed E-state index contributed by atoms with van der Waals surface area (Å²) in [6.07, 6.45) is 2.89. The zero-order chi connectivity index (χ0) is 8.43. The van der Waals surface area contributed by atoms with Crippen molar-refractivity contribution in [1.29, 1.82) is 0 Å². The average Bonchev–Trinajstić information content (AvgIpc) is 1.85. The highest BCUT2D eigenvalue weighted by atomic mass is 35.5. The molecule has 0 fully saturated rings. The zero-order valence-electron chi connectivity index (χ0n) is 5.19. The third kappa shape index (κ3) is 2.12. The highest BCUT2D eigenvalue weighted by Crippen LogP contribution is 2.35. The van der Waals surface area contributed by atoms with Crippen molar-refractivity contribution in [2.24, 2.45) is 0 Å². The largest absolute Gasteiger partial charge is 0.262 e. The lowest BCUT2D eigenvalue weighted by Crippen LogP contribution is -1.86. The minimum absolute atomic E-state index is 0.382. The fraction of sp³-hybridized carbons (Fsp3) is 0.167. The Morgan fingerprint density at radius 3 is 1.82 bits per heavy atom. The average molecular weight is 231 g/mol. The predicted octanol–water partition coefficient (Wildman–Crippen LogP) is 3.86. The fourth-order valence-corrected chi connectivity index (χ4v) is 1.91. The van der Waals surface area contributed by atoms with Gasteiger partial charge in [-0.15, -0.1) is 0 Å². The van der Waals surface area contributed by atoms with E-state index >= 15 is 0 Å². The third-order valence-corrected chi connectivity index (χ3v) is 2.15. The summed E-state index contributed by atoms with van der Waals surface area (Å²) in [7, 11) is 0. The van der Waals surface area contributed by atoms with Gasteiger partial charge in [0.1, 0.15) is 4.84 Å². The molecule has 0 aliphatic carbocycles. The number of halogens is 4. The summed E-state index contributed by atoms with van der Waals surface area (Å²) in [6.45, 7) is 0. The van der Waals surface area contributed by atoms with Crippen LogP contribution in [0.15, 0.2) is 12.4 Å². The maximum absolute atomic E-state index is 5.71. The second kappa shape index (κ2) is 3.81. The summed E-state index contributed by atoms with van der Waals surface area (Å²) < 4.78 is 0. The predicted molar refractivity (Wildman–Crippen MR) is 48.7 cm³/mol. The Labute approximate surface area is 84.2 Å². The van der Waals surface area contributed by atoms with Gasteiger partial charge < -0.3 is 0 Å². The SMILES string of the molecule is Clc1cncc(Cl)c1C(Cl)Cl. The van der Waals surface area contributed by atoms with E-state index in [1.165, 1.54) is 12.4 Å². The van der Waals surface area contributed by atoms with Crippen molar-refractivity contribution >= 4 is 46.4 Å². The summed E-state index contributed by atoms with van der Waals surface area (Å²) in [4.78, 5) is 3.04. The van der Waals surface area contributed by atoms with Crippen LogP contribution in [-0.2, 0) is 0 Å². The van der Waals surface area contributed by atoms with Gasteiger partial charge in [0.25, 0.3) is 0 Å². The molecule has 5 heteroatoms. The van der Waals surface area contributed by atoms with Crippen molar-refractivity contribution < 1.29 is 0 Å². The monoisotopic (exact) mass is 229 g/mol. The van der Waals surface area contributed by atoms with Gasteiger partial charge in [0.15, 0.2) is 0 Å². The third-order valence-electron chi connectivity index (χ3n) is 1.11. The quantitative estimate of drug-likeness (QED) is 0.668. The Kier molecular flexibility index (Phi) is 3.26. The topological polar surface area (TPSA) is 12.9 Å². The highest BCUT2D eigenvalue weighted by molar-refractivity contribution is 6.47. The van der Waals surface area contributed by atoms with Crippen LogP contribution >= 0.6 is 46.4 Å². The maximum Gasteiger partial charge on any atom is 0.135 e. The van der Waals surface area contributed by atoms with E-state index in [-0.39, 0.29) is 0 Å². The molecule has 60 valence electrons. The Morgan fingerprint density at radius 2 is 1.55 bits per heavy atom. The molecular weight excluding hydrogens is 228 g/mol. The Bertz CT molecular complexity index is 241. The molecule has 1 aromatic rings. The highest BCUT2D eigenvalue weighted by Gasteiger charge is 2.12. The lowest BCUT2D eigenvalue weighted by molar-refractivity contribution is 1.25. The summed E-state index contributed by atoms with van der Waals surface area (Å²) >= 11 is 22.6. The van der Waals surface area contributed by atoms with Crippen LogP contribution in [0.2, 0.25) is 10.0 Å². The van der Waals surface area contributed by atoms with Crippen molar-refractivity contribution in [2.75, 3.05) is 0 Å². The van der Waals surface area contributed by atoms with Crippen molar-refractivity contribution in [1.82, 2.24) is 4.98 Å². The van der Waals surface area contributed by atoms with Crippen molar-refractivity contribution in [3.05, 3.63) is 28.0 Å². The molecule has 0 amide bonds. The first-order chi connectivity index (χ1) is 5.13. The van der Waals surface area contributed by atoms with Crippen molar-refractivity contribution in [3.8, 4) is 0 Å². The van der Waals surface area contributed by atoms with Crippen molar-refractivity contribution in [3.63, 3.8) is 0 Å². The van der Waals surface area contributed by atoms with Gasteiger partial charge >= 0.3 is 0 Å². The molecule has 0 radical (unpaired) electrons. The first kappa shape index (κ1) is 9.40. The van der Waals surface area contributed by atoms with Crippen LogP contribution < -0.4 is 0 Å². The number of aromatic nitrogens is 1. The Hall–Kier alpha value is 0.310. The molecule has 1 heterocycles. The summed E-state index contributed by atoms with van der Waals surface area (Å²) in [5.41, 5.74) is 0.506. The number of pyridine rings is 1. The van der Waals surface area contributed by atoms with Gasteiger partial charge in [-0.1, -0.05) is 46.4 Å². The molecule has 0 N–H and O–H groups in total. The molecule has 0 aliphatic heterocycles. The summed E-state index contributed by atoms with van der Waals surface area (Å²) in [5.74, 6) is 0. The number of hydrogen-bond acceptors (Lipinski definition) is 1. The van der Waals surface area contributed by atoms with Crippen LogP contribution in [0.3, 0.4) is 0 Å². The molecule has 0 saturated heterocycles. The van der Waals surface area contributed by atoms with E-state index in [9.17, 15) is 0 Å². The summed E-state index contributed by atoms with van der Waals surface area (Å²) in [6, 6.07) is 0. The smallest absolute Gasteiger partial charge is 0.135 e. The van der Waals surface area contributed by atoms with Crippen LogP contribution in [0.5, 0.6) is 0 Å². The second-order valence-electron chi connectivity index (χ2n) is 1.82. The zero-order valence-corrected chi connectivity index (χ0v) is 8.21. The van der Waals surface area contributed by atoms with Crippen LogP contribution in [-0.4, -0.2) is 4.98 Å². The Balaban J connectivity index is 3.21. The van der Waals surface area contributed by atoms with E-state index in [1.807, 2.05) is 0 Å². The standard InChI is InChI=1S/C6H3Cl4N/c7-3-1-11-2-4(8)5(3)6(9)10/h1-2,6H. The first-order valence-electron chi connectivity index (χ1n) is 2.70. The molecule has 11 heavy (non-hydrogen) atoms. The van der Waals surface area contributed by atoms with Crippen LogP contribution in [0, 0.1) is 0 Å². The van der Waals surface area contributed by atoms with Gasteiger partial charge in [0, 0.05) is 18.0 Å². The van der Waals surface area contributed by atoms with Gasteiger partial charge in [-0.2, -0.15) is 0 Å². The molecule has 1 nitrogen and oxygen atoms in total. The molecule has 1 rings (SSSR count). The fourth-order valence-electron chi connectivity index (χ4n) is 0.630. The number of hydrogen-bond donors (Lipinski definition) is 0. The Morgan fingerprint density at radius 1 is 1.09 bits per heavy atom. The minimum atomic E-state index is -0.710. The van der Waals surface area contributed by atoms with E-state index in [0.717, 1.165) is 0 Å². The van der Waals surface area contributed by atoms with E-state index in [4.69, 9.17) is 46.4 Å². The van der Waals surface area contributed by atoms with E-state index in [1.54, 1.807) is 0 Å². The maximum atomic E-state index is 5.71. The van der Waals surface area contributed by atoms with Gasteiger partial charge in [-0.25, -0.2) is 0 Å². The first-order valence-corrected chi connectivity index (χ1v) is 4.33. The minimum Gasteiger partial charge on any atom is -0.262 e. The molecule has 0 atom stereocenters. The lowest BCUT2D eigenvalue weighted by Gasteiger charge is -2.04. The van der Waals surface area contributed by atoms with Gasteiger partial charge in [-0.3, -0.25) is 4.98 Å². The molecule has 0 spiro atoms. The number of nitrogens with zero attached hydrogens (tertiary/aromatic N) is 1. The van der Waals surface area contributed by atoms with Gasteiger partial charge in [0.2, 0.25) is 0 Å². The van der Waals surface area contributed by atoms with Crippen LogP contribution in [0.25, 0.3) is 0 Å². The molecule has 0 unspecified atom stereocenters. The molecule has 0 saturated carbocycles. The second-order valence-corrected chi connectivity index (χ2v) is 3.73. The molecule has 0 aromatic carbocycles. The summed E-state index contributed by atoms with van der Waals surface area (Å²) in [5, 5.41) is 0.764. The van der Waals surface area contributed by atoms with E-state index < -0.39 is 4.84 Å². The van der Waals surface area contributed by atoms with E-state index in [0.29, 0.717) is 15.6 Å².